The van der Waals surface area contributed by atoms with E-state index >= 15 is 0 Å². The molecule has 0 fully saturated rings. The molecule has 6 rings (SSSR count). The van der Waals surface area contributed by atoms with Gasteiger partial charge < -0.3 is 29.4 Å². The lowest BCUT2D eigenvalue weighted by molar-refractivity contribution is 0.0722. The number of likely N-dealkylation sites (N-methyl/N-ethyl adjacent to an activating group) is 3. The van der Waals surface area contributed by atoms with E-state index in [2.05, 4.69) is 34.6 Å². The average Bonchev–Trinajstić information content (AvgIpc) is 3.34. The smallest absolute Gasteiger partial charge is 0.254 e. The highest BCUT2D eigenvalue weighted by Gasteiger charge is 2.21. The van der Waals surface area contributed by atoms with E-state index in [9.17, 15) is 14.4 Å². The molecule has 3 heterocycles. The summed E-state index contributed by atoms with van der Waals surface area (Å²) in [4.78, 5) is 69.3. The highest BCUT2D eigenvalue weighted by molar-refractivity contribution is 5.95. The van der Waals surface area contributed by atoms with Gasteiger partial charge in [-0.1, -0.05) is 54.6 Å². The van der Waals surface area contributed by atoms with E-state index in [1.54, 1.807) is 18.6 Å². The molecule has 13 nitrogen and oxygen atoms in total. The van der Waals surface area contributed by atoms with Crippen LogP contribution in [-0.4, -0.2) is 149 Å². The van der Waals surface area contributed by atoms with E-state index in [1.807, 2.05) is 184 Å². The van der Waals surface area contributed by atoms with Crippen molar-refractivity contribution in [2.24, 2.45) is 0 Å². The van der Waals surface area contributed by atoms with E-state index < -0.39 is 0 Å². The van der Waals surface area contributed by atoms with Gasteiger partial charge in [0.05, 0.1) is 36.7 Å². The highest BCUT2D eigenvalue weighted by Crippen LogP contribution is 2.20. The van der Waals surface area contributed by atoms with E-state index in [4.69, 9.17) is 0 Å². The molecule has 0 aliphatic carbocycles. The van der Waals surface area contributed by atoms with Crippen LogP contribution in [0.5, 0.6) is 0 Å². The summed E-state index contributed by atoms with van der Waals surface area (Å²) in [6.45, 7) is 6.98. The normalized spacial score (nSPS) is 11.4. The van der Waals surface area contributed by atoms with Crippen LogP contribution >= 0.6 is 0 Å². The summed E-state index contributed by atoms with van der Waals surface area (Å²) >= 11 is 0. The van der Waals surface area contributed by atoms with Gasteiger partial charge in [0.1, 0.15) is 0 Å². The fourth-order valence-corrected chi connectivity index (χ4v) is 7.53. The first-order valence-corrected chi connectivity index (χ1v) is 22.9. The Balaban J connectivity index is 1.21. The summed E-state index contributed by atoms with van der Waals surface area (Å²) in [5.41, 5.74) is 7.55. The minimum absolute atomic E-state index is 0.0409. The van der Waals surface area contributed by atoms with E-state index in [0.717, 1.165) is 53.4 Å². The first kappa shape index (κ1) is 49.8. The average molecular weight is 903 g/mol. The van der Waals surface area contributed by atoms with Crippen molar-refractivity contribution in [2.75, 3.05) is 81.6 Å². The Labute approximate surface area is 397 Å². The number of benzene rings is 3. The minimum Gasteiger partial charge on any atom is -0.331 e. The number of hydrogen-bond donors (Lipinski definition) is 0. The van der Waals surface area contributed by atoms with E-state index in [-0.39, 0.29) is 17.7 Å². The van der Waals surface area contributed by atoms with Gasteiger partial charge in [-0.15, -0.1) is 0 Å². The summed E-state index contributed by atoms with van der Waals surface area (Å²) in [6.07, 6.45) is 5.26. The second kappa shape index (κ2) is 25.3. The van der Waals surface area contributed by atoms with Crippen LogP contribution in [0.25, 0.3) is 0 Å². The molecule has 0 spiro atoms. The molecular formula is C54H66N10O3. The van der Waals surface area contributed by atoms with Crippen LogP contribution < -0.4 is 0 Å². The molecule has 3 amide bonds. The molecule has 350 valence electrons. The zero-order chi connectivity index (χ0) is 47.5. The lowest BCUT2D eigenvalue weighted by Gasteiger charge is -2.26. The summed E-state index contributed by atoms with van der Waals surface area (Å²) in [5.74, 6) is -0.123. The Bertz CT molecular complexity index is 2140. The van der Waals surface area contributed by atoms with Crippen molar-refractivity contribution in [3.8, 4) is 0 Å². The third-order valence-corrected chi connectivity index (χ3v) is 11.4. The molecule has 3 aromatic carbocycles. The maximum Gasteiger partial charge on any atom is 0.254 e. The third kappa shape index (κ3) is 16.0. The van der Waals surface area contributed by atoms with E-state index in [1.165, 1.54) is 0 Å². The van der Waals surface area contributed by atoms with Gasteiger partial charge in [-0.05, 0) is 132 Å². The van der Waals surface area contributed by atoms with Crippen molar-refractivity contribution in [3.63, 3.8) is 0 Å². The number of pyridine rings is 3. The Hall–Kier alpha value is -6.64. The lowest BCUT2D eigenvalue weighted by atomic mass is 10.1. The monoisotopic (exact) mass is 903 g/mol. The molecule has 3 aromatic heterocycles. The number of rotatable bonds is 24. The molecule has 0 aliphatic heterocycles. The van der Waals surface area contributed by atoms with Crippen molar-refractivity contribution in [1.29, 1.82) is 0 Å². The number of nitrogens with zero attached hydrogens (tertiary/aromatic N) is 10. The molecule has 0 aliphatic rings. The third-order valence-electron chi connectivity index (χ3n) is 11.4. The van der Waals surface area contributed by atoms with Gasteiger partial charge in [-0.25, -0.2) is 0 Å². The van der Waals surface area contributed by atoms with Gasteiger partial charge in [0.15, 0.2) is 0 Å². The Morgan fingerprint density at radius 1 is 0.343 bits per heavy atom. The molecule has 6 aromatic rings. The summed E-state index contributed by atoms with van der Waals surface area (Å²) in [6, 6.07) is 41.0. The Morgan fingerprint density at radius 3 is 0.836 bits per heavy atom. The number of carbonyl (C=O) groups excluding carboxylic acids is 3. The van der Waals surface area contributed by atoms with Crippen molar-refractivity contribution in [2.45, 2.75) is 39.3 Å². The summed E-state index contributed by atoms with van der Waals surface area (Å²) < 4.78 is 0. The van der Waals surface area contributed by atoms with Gasteiger partial charge in [-0.2, -0.15) is 0 Å². The minimum atomic E-state index is -0.0409. The molecule has 67 heavy (non-hydrogen) atoms. The number of hydrogen-bond acceptors (Lipinski definition) is 10. The van der Waals surface area contributed by atoms with Crippen molar-refractivity contribution < 1.29 is 14.4 Å². The van der Waals surface area contributed by atoms with Gasteiger partial charge in [0.25, 0.3) is 17.7 Å². The fraction of sp³-hybridized carbons (Fsp3) is 0.333. The molecule has 0 unspecified atom stereocenters. The van der Waals surface area contributed by atoms with Crippen LogP contribution in [0.3, 0.4) is 0 Å². The summed E-state index contributed by atoms with van der Waals surface area (Å²) in [7, 11) is 12.0. The maximum absolute atomic E-state index is 13.9. The molecule has 0 saturated heterocycles. The first-order valence-electron chi connectivity index (χ1n) is 22.9. The highest BCUT2D eigenvalue weighted by atomic mass is 16.2. The largest absolute Gasteiger partial charge is 0.331 e. The number of carbonyl (C=O) groups is 3. The number of amides is 3. The predicted molar refractivity (Wildman–Crippen MR) is 265 cm³/mol. The standard InChI is InChI=1S/C54H66N10O3/c1-58(2)31-34-62(40-49-13-7-10-28-55-49)52(65)46-22-16-43(17-23-46)37-61(38-44-18-24-47(25-19-44)53(66)63(35-32-59(3)4)41-50-14-8-11-29-56-50)39-45-20-26-48(27-21-45)54(67)64(36-33-60(5)6)42-51-15-9-12-30-57-51/h7-30H,31-42H2,1-6H3. The van der Waals surface area contributed by atoms with Crippen LogP contribution in [0.1, 0.15) is 64.8 Å². The first-order chi connectivity index (χ1) is 32.4. The van der Waals surface area contributed by atoms with Crippen LogP contribution in [0.4, 0.5) is 0 Å². The van der Waals surface area contributed by atoms with Crippen molar-refractivity contribution in [1.82, 2.24) is 49.3 Å². The number of aromatic nitrogens is 3. The topological polar surface area (TPSA) is 113 Å². The lowest BCUT2D eigenvalue weighted by Crippen LogP contribution is -2.36. The van der Waals surface area contributed by atoms with Gasteiger partial charge in [0, 0.05) is 94.2 Å². The Morgan fingerprint density at radius 2 is 0.612 bits per heavy atom. The SMILES string of the molecule is CN(C)CCN(Cc1ccccn1)C(=O)c1ccc(CN(Cc2ccc(C(=O)N(CCN(C)C)Cc3ccccn3)cc2)Cc2ccc(C(=O)N(CCN(C)C)Cc3ccccn3)cc2)cc1. The summed E-state index contributed by atoms with van der Waals surface area (Å²) in [5, 5.41) is 0. The molecule has 0 N–H and O–H groups in total. The molecule has 0 bridgehead atoms. The second-order valence-corrected chi connectivity index (χ2v) is 17.8. The Kier molecular flexibility index (Phi) is 18.8. The molecule has 0 saturated carbocycles. The van der Waals surface area contributed by atoms with Crippen molar-refractivity contribution in [3.05, 3.63) is 196 Å². The van der Waals surface area contributed by atoms with Gasteiger partial charge >= 0.3 is 0 Å². The zero-order valence-corrected chi connectivity index (χ0v) is 40.0. The molecular weight excluding hydrogens is 837 g/mol. The van der Waals surface area contributed by atoms with Crippen LogP contribution in [0, 0.1) is 0 Å². The molecule has 0 radical (unpaired) electrons. The van der Waals surface area contributed by atoms with Crippen LogP contribution in [0.15, 0.2) is 146 Å². The van der Waals surface area contributed by atoms with Crippen molar-refractivity contribution >= 4 is 17.7 Å². The van der Waals surface area contributed by atoms with Gasteiger partial charge in [0.2, 0.25) is 0 Å². The van der Waals surface area contributed by atoms with E-state index in [0.29, 0.717) is 75.6 Å². The molecule has 13 heteroatoms. The zero-order valence-electron chi connectivity index (χ0n) is 40.0. The predicted octanol–water partition coefficient (Wildman–Crippen LogP) is 6.69. The molecule has 0 atom stereocenters. The van der Waals surface area contributed by atoms with Crippen LogP contribution in [0.2, 0.25) is 0 Å². The quantitative estimate of drug-likeness (QED) is 0.0652. The maximum atomic E-state index is 13.9. The van der Waals surface area contributed by atoms with Gasteiger partial charge in [-0.3, -0.25) is 34.2 Å². The van der Waals surface area contributed by atoms with Crippen LogP contribution in [-0.2, 0) is 39.3 Å². The fourth-order valence-electron chi connectivity index (χ4n) is 7.53. The second-order valence-electron chi connectivity index (χ2n) is 17.8.